The molecule has 0 aromatic heterocycles. The molecule has 1 unspecified atom stereocenters. The van der Waals surface area contributed by atoms with Gasteiger partial charge in [0.15, 0.2) is 5.78 Å². The summed E-state index contributed by atoms with van der Waals surface area (Å²) in [6.07, 6.45) is 1.41. The number of fused-ring (bicyclic) bond motifs is 1. The Kier molecular flexibility index (Phi) is 7.68. The highest BCUT2D eigenvalue weighted by molar-refractivity contribution is 6.70. The van der Waals surface area contributed by atoms with E-state index in [-0.39, 0.29) is 32.3 Å². The van der Waals surface area contributed by atoms with Crippen LogP contribution < -0.4 is 5.32 Å². The van der Waals surface area contributed by atoms with Crippen molar-refractivity contribution in [3.05, 3.63) is 53.1 Å². The molecule has 188 valence electrons. The topological polar surface area (TPSA) is 78.8 Å². The average Bonchev–Trinajstić information content (AvgIpc) is 2.72. The molecule has 38 heavy (non-hydrogen) atoms. The van der Waals surface area contributed by atoms with E-state index in [0.29, 0.717) is 16.9 Å². The summed E-state index contributed by atoms with van der Waals surface area (Å²) < 4.78 is 0. The van der Waals surface area contributed by atoms with E-state index >= 15 is 0 Å². The molecule has 0 saturated heterocycles. The van der Waals surface area contributed by atoms with Crippen LogP contribution in [-0.4, -0.2) is 93.6 Å². The van der Waals surface area contributed by atoms with Crippen LogP contribution in [-0.2, 0) is 15.6 Å². The molecule has 1 amide bonds. The van der Waals surface area contributed by atoms with Gasteiger partial charge in [-0.3, -0.25) is 14.6 Å². The van der Waals surface area contributed by atoms with E-state index in [2.05, 4.69) is 108 Å². The van der Waals surface area contributed by atoms with Crippen molar-refractivity contribution in [2.45, 2.75) is 46.9 Å². The van der Waals surface area contributed by atoms with Crippen molar-refractivity contribution in [1.82, 2.24) is 0 Å². The van der Waals surface area contributed by atoms with Gasteiger partial charge in [0.05, 0.1) is 76.3 Å². The summed E-state index contributed by atoms with van der Waals surface area (Å²) in [4.78, 5) is 30.9. The number of carbonyl (C=O) groups excluding carboxylic acids is 2. The predicted octanol–water partition coefficient (Wildman–Crippen LogP) is -4.00. The number of aromatic hydroxyl groups is 1. The fourth-order valence-electron chi connectivity index (χ4n) is 7.78. The van der Waals surface area contributed by atoms with E-state index < -0.39 is 17.2 Å². The van der Waals surface area contributed by atoms with Gasteiger partial charge >= 0.3 is 0 Å². The predicted molar refractivity (Wildman–Crippen MR) is 185 cm³/mol. The lowest BCUT2D eigenvalue weighted by molar-refractivity contribution is -0.116. The summed E-state index contributed by atoms with van der Waals surface area (Å²) in [6.45, 7) is 6.28. The largest absolute Gasteiger partial charge is 0.508 e. The smallest absolute Gasteiger partial charge is 0.240 e. The molecule has 0 saturated carbocycles. The highest BCUT2D eigenvalue weighted by atomic mass is 16.3. The van der Waals surface area contributed by atoms with E-state index in [1.54, 1.807) is 24.3 Å². The highest BCUT2D eigenvalue weighted by Gasteiger charge is 2.57. The molecule has 0 radical (unpaired) electrons. The Morgan fingerprint density at radius 3 is 1.89 bits per heavy atom. The third-order valence-electron chi connectivity index (χ3n) is 8.08. The van der Waals surface area contributed by atoms with Gasteiger partial charge in [0.2, 0.25) is 5.91 Å². The van der Waals surface area contributed by atoms with Crippen molar-refractivity contribution in [3.63, 3.8) is 0 Å². The Bertz CT molecular complexity index is 1270. The number of hydrogen-bond donors (Lipinski definition) is 2. The second-order valence-corrected chi connectivity index (χ2v) is 14.8. The Morgan fingerprint density at radius 2 is 1.39 bits per heavy atom. The van der Waals surface area contributed by atoms with Crippen molar-refractivity contribution in [1.29, 1.82) is 0 Å². The number of benzene rings is 2. The quantitative estimate of drug-likeness (QED) is 0.315. The number of rotatable bonds is 6. The molecule has 0 spiro atoms. The van der Waals surface area contributed by atoms with Crippen LogP contribution in [0.2, 0.25) is 15.3 Å². The molecule has 0 bridgehead atoms. The molecule has 1 aliphatic rings. The summed E-state index contributed by atoms with van der Waals surface area (Å²) in [5, 5.41) is 14.0. The molecule has 1 heterocycles. The van der Waals surface area contributed by atoms with Crippen LogP contribution in [0.4, 0.5) is 11.4 Å². The van der Waals surface area contributed by atoms with Crippen LogP contribution in [0.3, 0.4) is 0 Å². The molecule has 2 N–H and O–H groups in total. The third kappa shape index (κ3) is 5.00. The van der Waals surface area contributed by atoms with Crippen molar-refractivity contribution in [3.8, 4) is 5.75 Å². The Labute approximate surface area is 236 Å². The van der Waals surface area contributed by atoms with Gasteiger partial charge in [-0.15, -0.1) is 15.3 Å². The van der Waals surface area contributed by atoms with Crippen LogP contribution in [0.5, 0.6) is 5.75 Å². The van der Waals surface area contributed by atoms with Crippen molar-refractivity contribution in [2.24, 2.45) is 10.9 Å². The minimum atomic E-state index is -1.03. The maximum absolute atomic E-state index is 13.4. The molecule has 0 aliphatic carbocycles. The fourth-order valence-corrected chi connectivity index (χ4v) is 7.78. The fraction of sp³-hybridized carbons (Fsp3) is 0.375. The SMILES string of the molecule is BC(B)(B)C(c1cc(C(C)(C)C)c(NC(=O)C2C=Nc3ccccc3C2=O)cc1O)(C(B)(B)B)C(B)(B)B. The van der Waals surface area contributed by atoms with Crippen LogP contribution in [0.1, 0.15) is 42.3 Å². The second kappa shape index (κ2) is 9.68. The second-order valence-electron chi connectivity index (χ2n) is 14.8. The van der Waals surface area contributed by atoms with Gasteiger partial charge in [0, 0.05) is 23.5 Å². The lowest BCUT2D eigenvalue weighted by atomic mass is 9.09. The van der Waals surface area contributed by atoms with E-state index in [1.807, 2.05) is 6.07 Å². The standard InChI is InChI=1S/C24H37B9N2O3/c1-20(2,3)13-8-14(21(22(25,26)27,23(28,29)30)24(31,32)33)17(36)9-16(13)35-19(38)12-10-34-15-7-5-4-6-11(15)18(12)37/h4-10,12,36H,25-33H2,1-3H3,(H,35,38). The summed E-state index contributed by atoms with van der Waals surface area (Å²) in [7, 11) is 20.1. The number of aliphatic imine (C=N–C) groups is 1. The number of ketones is 1. The molecule has 2 aromatic carbocycles. The highest BCUT2D eigenvalue weighted by Crippen LogP contribution is 2.64. The molecular formula is C24H37B9N2O3. The van der Waals surface area contributed by atoms with E-state index in [1.165, 1.54) is 6.21 Å². The van der Waals surface area contributed by atoms with Gasteiger partial charge < -0.3 is 10.4 Å². The number of para-hydroxylation sites is 1. The molecule has 2 aromatic rings. The van der Waals surface area contributed by atoms with Gasteiger partial charge in [-0.2, -0.15) is 0 Å². The normalized spacial score (nSPS) is 16.6. The van der Waals surface area contributed by atoms with Gasteiger partial charge in [-0.05, 0) is 40.2 Å². The first-order valence-corrected chi connectivity index (χ1v) is 13.5. The first kappa shape index (κ1) is 30.2. The van der Waals surface area contributed by atoms with Crippen LogP contribution >= 0.6 is 0 Å². The zero-order chi connectivity index (χ0) is 29.1. The van der Waals surface area contributed by atoms with Crippen molar-refractivity contribution >= 4 is 99.9 Å². The van der Waals surface area contributed by atoms with Gasteiger partial charge in [0.1, 0.15) is 11.7 Å². The van der Waals surface area contributed by atoms with Crippen LogP contribution in [0.25, 0.3) is 0 Å². The van der Waals surface area contributed by atoms with Gasteiger partial charge in [-0.25, -0.2) is 0 Å². The summed E-state index contributed by atoms with van der Waals surface area (Å²) >= 11 is 0. The lowest BCUT2D eigenvalue weighted by Crippen LogP contribution is -2.60. The minimum Gasteiger partial charge on any atom is -0.508 e. The molecular weight excluding hydrogens is 462 g/mol. The van der Waals surface area contributed by atoms with Gasteiger partial charge in [-0.1, -0.05) is 32.9 Å². The summed E-state index contributed by atoms with van der Waals surface area (Å²) in [6, 6.07) is 10.8. The first-order valence-electron chi connectivity index (χ1n) is 13.5. The number of carbonyl (C=O) groups is 2. The van der Waals surface area contributed by atoms with E-state index in [4.69, 9.17) is 0 Å². The molecule has 1 aliphatic heterocycles. The molecule has 5 nitrogen and oxygen atoms in total. The monoisotopic (exact) mass is 500 g/mol. The zero-order valence-electron chi connectivity index (χ0n) is 25.3. The maximum Gasteiger partial charge on any atom is 0.240 e. The van der Waals surface area contributed by atoms with E-state index in [9.17, 15) is 14.7 Å². The lowest BCUT2D eigenvalue weighted by Gasteiger charge is -2.64. The maximum atomic E-state index is 13.4. The number of anilines is 1. The average molecular weight is 499 g/mol. The summed E-state index contributed by atoms with van der Waals surface area (Å²) in [5.74, 6) is -1.63. The third-order valence-corrected chi connectivity index (χ3v) is 8.08. The number of phenols is 1. The minimum absolute atomic E-state index is 0.141. The first-order chi connectivity index (χ1) is 17.1. The van der Waals surface area contributed by atoms with E-state index in [0.717, 1.165) is 11.1 Å². The number of nitrogens with one attached hydrogen (secondary N) is 1. The number of Topliss-reactive ketones (excluding diaryl/α,β-unsaturated/α-hetero) is 1. The van der Waals surface area contributed by atoms with Crippen molar-refractivity contribution < 1.29 is 14.7 Å². The number of hydrogen-bond acceptors (Lipinski definition) is 4. The number of phenolic OH excluding ortho intramolecular Hbond substituents is 1. The van der Waals surface area contributed by atoms with Crippen LogP contribution in [0, 0.1) is 5.92 Å². The van der Waals surface area contributed by atoms with Gasteiger partial charge in [0.25, 0.3) is 0 Å². The molecule has 0 fully saturated rings. The Hall–Kier alpha value is -2.37. The summed E-state index contributed by atoms with van der Waals surface area (Å²) in [5.41, 5.74) is 2.52. The zero-order valence-corrected chi connectivity index (χ0v) is 25.3. The molecule has 1 atom stereocenters. The number of nitrogens with zero attached hydrogens (tertiary/aromatic N) is 1. The Balaban J connectivity index is 2.19. The van der Waals surface area contributed by atoms with Crippen LogP contribution in [0.15, 0.2) is 41.4 Å². The molecule has 14 heteroatoms. The molecule has 3 rings (SSSR count). The number of amides is 1. The van der Waals surface area contributed by atoms with Crippen molar-refractivity contribution in [2.75, 3.05) is 5.32 Å². The Morgan fingerprint density at radius 1 is 0.868 bits per heavy atom.